The smallest absolute Gasteiger partial charge is 0.319 e. The summed E-state index contributed by atoms with van der Waals surface area (Å²) in [5.74, 6) is -0.105. The summed E-state index contributed by atoms with van der Waals surface area (Å²) in [4.78, 5) is 24.4. The topological polar surface area (TPSA) is 104 Å². The monoisotopic (exact) mass is 405 g/mol. The molecule has 3 amide bonds. The molecular weight excluding hydrogens is 378 g/mol. The molecule has 8 heteroatoms. The average Bonchev–Trinajstić information content (AvgIpc) is 3.01. The zero-order valence-electron chi connectivity index (χ0n) is 15.9. The van der Waals surface area contributed by atoms with Gasteiger partial charge < -0.3 is 16.0 Å². The Kier molecular flexibility index (Phi) is 6.72. The second kappa shape index (κ2) is 9.23. The molecule has 0 unspecified atom stereocenters. The third-order valence-electron chi connectivity index (χ3n) is 5.07. The van der Waals surface area contributed by atoms with E-state index in [-0.39, 0.29) is 23.5 Å². The van der Waals surface area contributed by atoms with E-state index < -0.39 is 15.9 Å². The number of nitrogens with one attached hydrogen (secondary N) is 3. The molecule has 0 saturated carbocycles. The fourth-order valence-electron chi connectivity index (χ4n) is 3.57. The van der Waals surface area contributed by atoms with E-state index in [1.165, 1.54) is 18.4 Å². The van der Waals surface area contributed by atoms with Crippen LogP contribution in [0.2, 0.25) is 0 Å². The van der Waals surface area contributed by atoms with Crippen LogP contribution in [-0.2, 0) is 9.84 Å². The number of anilines is 1. The minimum Gasteiger partial charge on any atom is -0.352 e. The van der Waals surface area contributed by atoms with E-state index in [0.717, 1.165) is 19.3 Å². The van der Waals surface area contributed by atoms with Gasteiger partial charge in [-0.3, -0.25) is 4.79 Å². The molecule has 1 aromatic rings. The van der Waals surface area contributed by atoms with Gasteiger partial charge in [-0.1, -0.05) is 17.7 Å². The Morgan fingerprint density at radius 3 is 2.75 bits per heavy atom. The molecule has 0 bridgehead atoms. The summed E-state index contributed by atoms with van der Waals surface area (Å²) in [5, 5.41) is 8.25. The van der Waals surface area contributed by atoms with Crippen molar-refractivity contribution in [1.29, 1.82) is 0 Å². The molecule has 1 heterocycles. The van der Waals surface area contributed by atoms with Gasteiger partial charge in [0, 0.05) is 23.8 Å². The van der Waals surface area contributed by atoms with Gasteiger partial charge in [-0.2, -0.15) is 0 Å². The van der Waals surface area contributed by atoms with Crippen molar-refractivity contribution < 1.29 is 18.0 Å². The predicted molar refractivity (Wildman–Crippen MR) is 109 cm³/mol. The third kappa shape index (κ3) is 6.09. The molecule has 1 saturated heterocycles. The van der Waals surface area contributed by atoms with Crippen molar-refractivity contribution >= 4 is 27.5 Å². The molecule has 2 aliphatic rings. The Morgan fingerprint density at radius 2 is 2.04 bits per heavy atom. The fraction of sp³-hybridized carbons (Fsp3) is 0.500. The lowest BCUT2D eigenvalue weighted by molar-refractivity contribution is 0.0954. The minimum atomic E-state index is -3.05. The minimum absolute atomic E-state index is 0.0285. The molecule has 28 heavy (non-hydrogen) atoms. The van der Waals surface area contributed by atoms with E-state index >= 15 is 0 Å². The molecule has 0 aromatic heterocycles. The molecule has 0 spiro atoms. The van der Waals surface area contributed by atoms with Gasteiger partial charge in [0.05, 0.1) is 11.5 Å². The molecule has 152 valence electrons. The number of carbonyl (C=O) groups is 2. The SMILES string of the molecule is O=C(Nc1cccc(C(=O)NCCC2=CCCCC2)c1)N[C@@H]1CCS(=O)(=O)C1. The van der Waals surface area contributed by atoms with Gasteiger partial charge in [0.15, 0.2) is 9.84 Å². The second-order valence-electron chi connectivity index (χ2n) is 7.39. The maximum Gasteiger partial charge on any atom is 0.319 e. The molecule has 7 nitrogen and oxygen atoms in total. The van der Waals surface area contributed by atoms with Gasteiger partial charge in [0.25, 0.3) is 5.91 Å². The Hall–Kier alpha value is -2.35. The van der Waals surface area contributed by atoms with Crippen LogP contribution in [0.25, 0.3) is 0 Å². The largest absolute Gasteiger partial charge is 0.352 e. The first-order chi connectivity index (χ1) is 13.4. The van der Waals surface area contributed by atoms with E-state index in [0.29, 0.717) is 24.2 Å². The summed E-state index contributed by atoms with van der Waals surface area (Å²) >= 11 is 0. The van der Waals surface area contributed by atoms with Crippen molar-refractivity contribution in [2.24, 2.45) is 0 Å². The van der Waals surface area contributed by atoms with Gasteiger partial charge in [-0.15, -0.1) is 0 Å². The van der Waals surface area contributed by atoms with E-state index in [2.05, 4.69) is 22.0 Å². The van der Waals surface area contributed by atoms with Crippen molar-refractivity contribution in [1.82, 2.24) is 10.6 Å². The number of benzene rings is 1. The predicted octanol–water partition coefficient (Wildman–Crippen LogP) is 2.62. The van der Waals surface area contributed by atoms with Crippen molar-refractivity contribution in [3.05, 3.63) is 41.5 Å². The van der Waals surface area contributed by atoms with Crippen LogP contribution in [0, 0.1) is 0 Å². The highest BCUT2D eigenvalue weighted by Crippen LogP contribution is 2.19. The van der Waals surface area contributed by atoms with Gasteiger partial charge in [-0.05, 0) is 56.7 Å². The van der Waals surface area contributed by atoms with E-state index in [1.807, 2.05) is 0 Å². The number of hydrogen-bond donors (Lipinski definition) is 3. The summed E-state index contributed by atoms with van der Waals surface area (Å²) in [6.45, 7) is 0.596. The summed E-state index contributed by atoms with van der Waals surface area (Å²) in [6, 6.07) is 5.86. The van der Waals surface area contributed by atoms with Crippen LogP contribution in [0.4, 0.5) is 10.5 Å². The third-order valence-corrected chi connectivity index (χ3v) is 6.83. The Balaban J connectivity index is 1.48. The number of sulfone groups is 1. The molecule has 3 N–H and O–H groups in total. The van der Waals surface area contributed by atoms with Crippen LogP contribution in [0.5, 0.6) is 0 Å². The lowest BCUT2D eigenvalue weighted by Gasteiger charge is -2.14. The van der Waals surface area contributed by atoms with Gasteiger partial charge in [-0.25, -0.2) is 13.2 Å². The van der Waals surface area contributed by atoms with Crippen LogP contribution < -0.4 is 16.0 Å². The quantitative estimate of drug-likeness (QED) is 0.633. The number of urea groups is 1. The first-order valence-electron chi connectivity index (χ1n) is 9.75. The van der Waals surface area contributed by atoms with Gasteiger partial charge in [0.1, 0.15) is 0 Å². The Bertz CT molecular complexity index is 864. The highest BCUT2D eigenvalue weighted by Gasteiger charge is 2.28. The summed E-state index contributed by atoms with van der Waals surface area (Å²) in [5.41, 5.74) is 2.37. The van der Waals surface area contributed by atoms with Crippen molar-refractivity contribution in [3.63, 3.8) is 0 Å². The molecular formula is C20H27N3O4S. The Morgan fingerprint density at radius 1 is 1.18 bits per heavy atom. The van der Waals surface area contributed by atoms with E-state index in [4.69, 9.17) is 0 Å². The summed E-state index contributed by atoms with van der Waals surface area (Å²) in [7, 11) is -3.05. The zero-order chi connectivity index (χ0) is 20.0. The van der Waals surface area contributed by atoms with Crippen LogP contribution >= 0.6 is 0 Å². The van der Waals surface area contributed by atoms with Crippen LogP contribution in [0.1, 0.15) is 48.9 Å². The summed E-state index contributed by atoms with van der Waals surface area (Å²) in [6.07, 6.45) is 8.29. The molecule has 1 fully saturated rings. The first-order valence-corrected chi connectivity index (χ1v) is 11.6. The van der Waals surface area contributed by atoms with Crippen molar-refractivity contribution in [2.75, 3.05) is 23.4 Å². The normalized spacial score (nSPS) is 20.9. The van der Waals surface area contributed by atoms with Gasteiger partial charge >= 0.3 is 6.03 Å². The van der Waals surface area contributed by atoms with Crippen molar-refractivity contribution in [3.8, 4) is 0 Å². The van der Waals surface area contributed by atoms with E-state index in [9.17, 15) is 18.0 Å². The molecule has 1 atom stereocenters. The summed E-state index contributed by atoms with van der Waals surface area (Å²) < 4.78 is 22.9. The van der Waals surface area contributed by atoms with Crippen LogP contribution in [-0.4, -0.2) is 44.4 Å². The molecule has 0 radical (unpaired) electrons. The molecule has 1 aromatic carbocycles. The number of rotatable bonds is 6. The van der Waals surface area contributed by atoms with E-state index in [1.54, 1.807) is 24.3 Å². The second-order valence-corrected chi connectivity index (χ2v) is 9.62. The zero-order valence-corrected chi connectivity index (χ0v) is 16.7. The number of amides is 3. The molecule has 3 rings (SSSR count). The average molecular weight is 406 g/mol. The molecule has 1 aliphatic heterocycles. The number of allylic oxidation sites excluding steroid dienone is 1. The lowest BCUT2D eigenvalue weighted by atomic mass is 9.97. The Labute approximate surface area is 165 Å². The van der Waals surface area contributed by atoms with Gasteiger partial charge in [0.2, 0.25) is 0 Å². The number of carbonyl (C=O) groups excluding carboxylic acids is 2. The lowest BCUT2D eigenvalue weighted by Crippen LogP contribution is -2.38. The highest BCUT2D eigenvalue weighted by atomic mass is 32.2. The number of hydrogen-bond acceptors (Lipinski definition) is 4. The molecule has 1 aliphatic carbocycles. The van der Waals surface area contributed by atoms with Crippen LogP contribution in [0.3, 0.4) is 0 Å². The highest BCUT2D eigenvalue weighted by molar-refractivity contribution is 7.91. The van der Waals surface area contributed by atoms with Crippen LogP contribution in [0.15, 0.2) is 35.9 Å². The van der Waals surface area contributed by atoms with Crippen molar-refractivity contribution in [2.45, 2.75) is 44.6 Å². The maximum atomic E-state index is 12.3. The fourth-order valence-corrected chi connectivity index (χ4v) is 5.24. The standard InChI is InChI=1S/C20H27N3O4S/c24-19(21-11-9-15-5-2-1-3-6-15)16-7-4-8-17(13-16)22-20(25)23-18-10-12-28(26,27)14-18/h4-5,7-8,13,18H,1-3,6,9-12,14H2,(H,21,24)(H2,22,23,25)/t18-/m1/s1. The maximum absolute atomic E-state index is 12.3. The first kappa shape index (κ1) is 20.4.